The zero-order valence-electron chi connectivity index (χ0n) is 9.13. The van der Waals surface area contributed by atoms with Crippen molar-refractivity contribution in [3.63, 3.8) is 0 Å². The molecule has 13 heavy (non-hydrogen) atoms. The Balaban J connectivity index is 3.76. The predicted octanol–water partition coefficient (Wildman–Crippen LogP) is 2.26. The average Bonchev–Trinajstić information content (AvgIpc) is 2.05. The van der Waals surface area contributed by atoms with Crippen molar-refractivity contribution in [2.24, 2.45) is 0 Å². The molecule has 0 spiro atoms. The van der Waals surface area contributed by atoms with Crippen LogP contribution in [-0.2, 0) is 13.6 Å². The lowest BCUT2D eigenvalue weighted by Gasteiger charge is -2.24. The van der Waals surface area contributed by atoms with Crippen LogP contribution in [0.2, 0.25) is 6.55 Å². The summed E-state index contributed by atoms with van der Waals surface area (Å²) in [5.74, 6) is 0. The predicted molar refractivity (Wildman–Crippen MR) is 55.4 cm³/mol. The van der Waals surface area contributed by atoms with Crippen LogP contribution in [0.4, 0.5) is 0 Å². The van der Waals surface area contributed by atoms with Crippen LogP contribution in [-0.4, -0.2) is 28.4 Å². The molecule has 0 heterocycles. The molecule has 0 bridgehead atoms. The molecule has 0 fully saturated rings. The Morgan fingerprint density at radius 1 is 1.08 bits per heavy atom. The van der Waals surface area contributed by atoms with E-state index in [-0.39, 0.29) is 0 Å². The van der Waals surface area contributed by atoms with Gasteiger partial charge >= 0.3 is 8.56 Å². The Bertz CT molecular complexity index is 113. The third kappa shape index (κ3) is 6.21. The summed E-state index contributed by atoms with van der Waals surface area (Å²) in [5, 5.41) is 0. The molecule has 0 aromatic rings. The summed E-state index contributed by atoms with van der Waals surface area (Å²) in [6, 6.07) is 0. The number of ether oxygens (including phenoxy) is 1. The van der Waals surface area contributed by atoms with Crippen molar-refractivity contribution >= 4 is 8.56 Å². The lowest BCUT2D eigenvalue weighted by atomic mass is 10.5. The van der Waals surface area contributed by atoms with Gasteiger partial charge in [-0.15, -0.1) is 0 Å². The number of hydrogen-bond donors (Lipinski definition) is 0. The molecule has 0 aromatic carbocycles. The van der Waals surface area contributed by atoms with Gasteiger partial charge in [-0.1, -0.05) is 6.92 Å². The summed E-state index contributed by atoms with van der Waals surface area (Å²) in [7, 11) is -2.13. The Labute approximate surface area is 82.6 Å². The fraction of sp³-hybridized carbons (Fsp3) is 0.889. The second-order valence-electron chi connectivity index (χ2n) is 2.87. The van der Waals surface area contributed by atoms with Gasteiger partial charge in [-0.2, -0.15) is 0 Å². The van der Waals surface area contributed by atoms with Gasteiger partial charge in [0.15, 0.2) is 0 Å². The average molecular weight is 205 g/mol. The van der Waals surface area contributed by atoms with Crippen LogP contribution in [0.25, 0.3) is 0 Å². The second kappa shape index (κ2) is 7.50. The first-order valence-corrected chi connectivity index (χ1v) is 7.31. The quantitative estimate of drug-likeness (QED) is 0.449. The largest absolute Gasteiger partial charge is 0.393 e. The highest BCUT2D eigenvalue weighted by molar-refractivity contribution is 6.69. The molecular weight excluding hydrogens is 184 g/mol. The van der Waals surface area contributed by atoms with E-state index in [1.807, 2.05) is 20.4 Å². The van der Waals surface area contributed by atoms with E-state index in [1.165, 1.54) is 0 Å². The van der Waals surface area contributed by atoms with Crippen molar-refractivity contribution in [2.75, 3.05) is 19.8 Å². The maximum absolute atomic E-state index is 5.55. The molecule has 1 radical (unpaired) electrons. The fourth-order valence-corrected chi connectivity index (χ4v) is 2.80. The van der Waals surface area contributed by atoms with Crippen molar-refractivity contribution in [3.8, 4) is 0 Å². The van der Waals surface area contributed by atoms with Gasteiger partial charge in [0.05, 0.1) is 0 Å². The minimum Gasteiger partial charge on any atom is -0.393 e. The van der Waals surface area contributed by atoms with Crippen LogP contribution < -0.4 is 0 Å². The summed E-state index contributed by atoms with van der Waals surface area (Å²) in [4.78, 5) is 0. The maximum Gasteiger partial charge on any atom is 0.367 e. The van der Waals surface area contributed by atoms with Crippen molar-refractivity contribution in [1.82, 2.24) is 0 Å². The molecule has 0 aliphatic carbocycles. The highest BCUT2D eigenvalue weighted by atomic mass is 28.4. The molecule has 0 unspecified atom stereocenters. The van der Waals surface area contributed by atoms with Gasteiger partial charge in [-0.25, -0.2) is 0 Å². The van der Waals surface area contributed by atoms with Crippen LogP contribution in [0.3, 0.4) is 0 Å². The summed E-state index contributed by atoms with van der Waals surface area (Å²) in [5.41, 5.74) is 0. The highest BCUT2D eigenvalue weighted by Gasteiger charge is 2.31. The molecule has 79 valence electrons. The lowest BCUT2D eigenvalue weighted by molar-refractivity contribution is 0.146. The van der Waals surface area contributed by atoms with Gasteiger partial charge in [0.1, 0.15) is 6.23 Å². The number of rotatable bonds is 8. The van der Waals surface area contributed by atoms with E-state index in [2.05, 4.69) is 6.92 Å². The topological polar surface area (TPSA) is 27.7 Å². The smallest absolute Gasteiger partial charge is 0.367 e. The van der Waals surface area contributed by atoms with E-state index in [0.717, 1.165) is 13.0 Å². The van der Waals surface area contributed by atoms with Crippen LogP contribution >= 0.6 is 0 Å². The van der Waals surface area contributed by atoms with E-state index in [0.29, 0.717) is 13.2 Å². The van der Waals surface area contributed by atoms with Gasteiger partial charge in [0, 0.05) is 19.8 Å². The van der Waals surface area contributed by atoms with Gasteiger partial charge in [0.2, 0.25) is 0 Å². The molecule has 0 saturated carbocycles. The normalized spacial score (nSPS) is 12.0. The Morgan fingerprint density at radius 3 is 2.00 bits per heavy atom. The van der Waals surface area contributed by atoms with Gasteiger partial charge in [-0.3, -0.25) is 0 Å². The molecule has 0 saturated heterocycles. The summed E-state index contributed by atoms with van der Waals surface area (Å²) >= 11 is 0. The van der Waals surface area contributed by atoms with E-state index < -0.39 is 8.56 Å². The summed E-state index contributed by atoms with van der Waals surface area (Å²) < 4.78 is 16.4. The minimum absolute atomic E-state index is 0.675. The summed E-state index contributed by atoms with van der Waals surface area (Å²) in [6.07, 6.45) is 2.78. The number of hydrogen-bond acceptors (Lipinski definition) is 3. The van der Waals surface area contributed by atoms with Gasteiger partial charge in [0.25, 0.3) is 0 Å². The molecular formula is C9H21O3Si. The van der Waals surface area contributed by atoms with Crippen LogP contribution in [0.1, 0.15) is 27.2 Å². The first-order chi connectivity index (χ1) is 6.18. The van der Waals surface area contributed by atoms with Crippen molar-refractivity contribution in [1.29, 1.82) is 0 Å². The van der Waals surface area contributed by atoms with Crippen LogP contribution in [0, 0.1) is 6.23 Å². The zero-order chi connectivity index (χ0) is 10.2. The molecule has 0 aliphatic rings. The first kappa shape index (κ1) is 13.1. The lowest BCUT2D eigenvalue weighted by Crippen LogP contribution is -2.40. The van der Waals surface area contributed by atoms with Gasteiger partial charge < -0.3 is 13.6 Å². The van der Waals surface area contributed by atoms with Crippen molar-refractivity contribution in [2.45, 2.75) is 33.7 Å². The fourth-order valence-electron chi connectivity index (χ4n) is 1.01. The Hall–Kier alpha value is 0.0969. The van der Waals surface area contributed by atoms with Gasteiger partial charge in [-0.05, 0) is 26.8 Å². The Kier molecular flexibility index (Phi) is 7.55. The zero-order valence-corrected chi connectivity index (χ0v) is 10.1. The highest BCUT2D eigenvalue weighted by Crippen LogP contribution is 2.11. The van der Waals surface area contributed by atoms with E-state index >= 15 is 0 Å². The van der Waals surface area contributed by atoms with Crippen molar-refractivity contribution < 1.29 is 13.6 Å². The van der Waals surface area contributed by atoms with E-state index in [9.17, 15) is 0 Å². The monoisotopic (exact) mass is 205 g/mol. The third-order valence-electron chi connectivity index (χ3n) is 1.48. The summed E-state index contributed by atoms with van der Waals surface area (Å²) in [6.45, 7) is 10.1. The molecule has 0 aromatic heterocycles. The van der Waals surface area contributed by atoms with Crippen molar-refractivity contribution in [3.05, 3.63) is 6.23 Å². The molecule has 0 atom stereocenters. The minimum atomic E-state index is -2.13. The maximum atomic E-state index is 5.55. The standard InChI is InChI=1S/C9H21O3Si/c1-5-8-10-9-13(4,11-6-2)12-7-3/h9H,5-8H2,1-4H3. The molecule has 0 aliphatic heterocycles. The molecule has 0 rings (SSSR count). The molecule has 4 heteroatoms. The molecule has 0 N–H and O–H groups in total. The molecule has 0 amide bonds. The van der Waals surface area contributed by atoms with Crippen LogP contribution in [0.15, 0.2) is 0 Å². The first-order valence-electron chi connectivity index (χ1n) is 4.92. The van der Waals surface area contributed by atoms with Crippen LogP contribution in [0.5, 0.6) is 0 Å². The van der Waals surface area contributed by atoms with E-state index in [4.69, 9.17) is 13.6 Å². The van der Waals surface area contributed by atoms with E-state index in [1.54, 1.807) is 6.23 Å². The second-order valence-corrected chi connectivity index (χ2v) is 5.72. The Morgan fingerprint density at radius 2 is 1.62 bits per heavy atom. The molecule has 3 nitrogen and oxygen atoms in total. The third-order valence-corrected chi connectivity index (χ3v) is 3.80. The SMILES string of the molecule is CCCO[CH][Si](C)(OCC)OCC.